The van der Waals surface area contributed by atoms with Crippen LogP contribution in [0.1, 0.15) is 43.7 Å². The Morgan fingerprint density at radius 3 is 2.40 bits per heavy atom. The highest BCUT2D eigenvalue weighted by atomic mass is 32.2. The van der Waals surface area contributed by atoms with Gasteiger partial charge in [-0.3, -0.25) is 4.79 Å². The minimum absolute atomic E-state index is 0.0213. The third-order valence-corrected chi connectivity index (χ3v) is 8.55. The van der Waals surface area contributed by atoms with E-state index in [2.05, 4.69) is 18.9 Å². The third-order valence-electron chi connectivity index (χ3n) is 6.81. The number of carbonyl (C=O) groups excluding carboxylic acids is 1. The van der Waals surface area contributed by atoms with E-state index in [9.17, 15) is 9.00 Å². The van der Waals surface area contributed by atoms with Crippen molar-refractivity contribution in [3.63, 3.8) is 0 Å². The fourth-order valence-corrected chi connectivity index (χ4v) is 5.58. The average Bonchev–Trinajstić information content (AvgIpc) is 2.85. The van der Waals surface area contributed by atoms with Gasteiger partial charge in [-0.2, -0.15) is 0 Å². The number of carbonyl (C=O) groups is 1. The molecule has 1 aromatic carbocycles. The van der Waals surface area contributed by atoms with Gasteiger partial charge in [0.1, 0.15) is 23.3 Å². The van der Waals surface area contributed by atoms with Gasteiger partial charge in [-0.15, -0.1) is 0 Å². The molecule has 0 radical (unpaired) electrons. The van der Waals surface area contributed by atoms with Crippen molar-refractivity contribution in [2.75, 3.05) is 67.7 Å². The highest BCUT2D eigenvalue weighted by Crippen LogP contribution is 2.26. The van der Waals surface area contributed by atoms with Crippen molar-refractivity contribution in [1.82, 2.24) is 14.1 Å². The molecule has 0 bridgehead atoms. The normalized spacial score (nSPS) is 19.2. The van der Waals surface area contributed by atoms with Crippen molar-refractivity contribution >= 4 is 16.9 Å². The second-order valence-electron chi connectivity index (χ2n) is 9.46. The van der Waals surface area contributed by atoms with Gasteiger partial charge in [0.25, 0.3) is 0 Å². The molecule has 2 rings (SSSR count). The van der Waals surface area contributed by atoms with Crippen LogP contribution in [-0.4, -0.2) is 104 Å². The van der Waals surface area contributed by atoms with Gasteiger partial charge in [0, 0.05) is 33.2 Å². The minimum atomic E-state index is -1.31. The Morgan fingerprint density at radius 2 is 1.77 bits per heavy atom. The number of ether oxygens (including phenoxy) is 3. The zero-order valence-corrected chi connectivity index (χ0v) is 23.5. The zero-order chi connectivity index (χ0) is 26.0. The monoisotopic (exact) mass is 511 g/mol. The summed E-state index contributed by atoms with van der Waals surface area (Å²) in [6.45, 7) is 9.50. The lowest BCUT2D eigenvalue weighted by molar-refractivity contribution is -0.138. The largest absolute Gasteiger partial charge is 0.497 e. The van der Waals surface area contributed by atoms with Crippen molar-refractivity contribution in [1.29, 1.82) is 0 Å². The molecule has 1 aromatic rings. The van der Waals surface area contributed by atoms with E-state index in [1.165, 1.54) is 0 Å². The van der Waals surface area contributed by atoms with Gasteiger partial charge in [-0.1, -0.05) is 6.92 Å². The number of methoxy groups -OCH3 is 1. The molecule has 0 saturated heterocycles. The van der Waals surface area contributed by atoms with Gasteiger partial charge in [0.05, 0.1) is 31.3 Å². The smallest absolute Gasteiger partial charge is 0.248 e. The summed E-state index contributed by atoms with van der Waals surface area (Å²) < 4.78 is 31.8. The SMILES string of the molecule is CCN(C)CCO[C@H]1CCCC(N(C)C(=O)COCCN(C)S(=O)c2c(C)cc(OC)cc2C)C1. The molecule has 1 amide bonds. The van der Waals surface area contributed by atoms with E-state index < -0.39 is 11.0 Å². The van der Waals surface area contributed by atoms with Crippen molar-refractivity contribution in [3.8, 4) is 5.75 Å². The van der Waals surface area contributed by atoms with Gasteiger partial charge in [0.2, 0.25) is 5.91 Å². The van der Waals surface area contributed by atoms with Crippen molar-refractivity contribution in [3.05, 3.63) is 23.3 Å². The Kier molecular flexibility index (Phi) is 12.6. The first-order valence-electron chi connectivity index (χ1n) is 12.6. The standard InChI is InChI=1S/C26H45N3O5S/c1-8-27(4)12-15-34-23-11-9-10-22(18-23)29(6)25(30)19-33-14-13-28(5)35(31)26-20(2)16-24(32-7)17-21(26)3/h16-17,22-23H,8-15,18-19H2,1-7H3/t22?,23-,35?/m0/s1. The van der Waals surface area contributed by atoms with E-state index in [-0.39, 0.29) is 24.7 Å². The van der Waals surface area contributed by atoms with Gasteiger partial charge >= 0.3 is 0 Å². The van der Waals surface area contributed by atoms with Crippen LogP contribution in [0.5, 0.6) is 5.75 Å². The second-order valence-corrected chi connectivity index (χ2v) is 11.0. The van der Waals surface area contributed by atoms with Crippen LogP contribution in [-0.2, 0) is 25.3 Å². The van der Waals surface area contributed by atoms with Gasteiger partial charge < -0.3 is 24.0 Å². The lowest BCUT2D eigenvalue weighted by Gasteiger charge is -2.35. The second kappa shape index (κ2) is 14.9. The van der Waals surface area contributed by atoms with Crippen LogP contribution in [0.4, 0.5) is 0 Å². The molecular formula is C26H45N3O5S. The molecule has 35 heavy (non-hydrogen) atoms. The molecule has 0 heterocycles. The molecular weight excluding hydrogens is 466 g/mol. The van der Waals surface area contributed by atoms with E-state index in [0.717, 1.165) is 67.2 Å². The third kappa shape index (κ3) is 9.13. The van der Waals surface area contributed by atoms with Gasteiger partial charge in [0.15, 0.2) is 0 Å². The first-order valence-corrected chi connectivity index (χ1v) is 13.7. The zero-order valence-electron chi connectivity index (χ0n) is 22.7. The maximum atomic E-state index is 13.0. The van der Waals surface area contributed by atoms with Crippen LogP contribution in [0.25, 0.3) is 0 Å². The van der Waals surface area contributed by atoms with Crippen LogP contribution in [0.2, 0.25) is 0 Å². The molecule has 200 valence electrons. The molecule has 0 aromatic heterocycles. The summed E-state index contributed by atoms with van der Waals surface area (Å²) in [5.74, 6) is 0.737. The predicted molar refractivity (Wildman–Crippen MR) is 140 cm³/mol. The summed E-state index contributed by atoms with van der Waals surface area (Å²) in [5.41, 5.74) is 1.86. The number of hydrogen-bond acceptors (Lipinski definition) is 6. The molecule has 8 nitrogen and oxygen atoms in total. The summed E-state index contributed by atoms with van der Waals surface area (Å²) in [6.07, 6.45) is 4.21. The Bertz CT molecular complexity index is 814. The van der Waals surface area contributed by atoms with Crippen LogP contribution in [0.15, 0.2) is 17.0 Å². The number of amides is 1. The van der Waals surface area contributed by atoms with Gasteiger partial charge in [-0.05, 0) is 76.4 Å². The first-order chi connectivity index (χ1) is 16.7. The van der Waals surface area contributed by atoms with Crippen molar-refractivity contribution in [2.45, 2.75) is 63.5 Å². The van der Waals surface area contributed by atoms with Crippen LogP contribution in [0.3, 0.4) is 0 Å². The molecule has 0 spiro atoms. The summed E-state index contributed by atoms with van der Waals surface area (Å²) in [6, 6.07) is 3.97. The lowest BCUT2D eigenvalue weighted by Crippen LogP contribution is -2.44. The maximum Gasteiger partial charge on any atom is 0.248 e. The van der Waals surface area contributed by atoms with Crippen molar-refractivity contribution in [2.24, 2.45) is 0 Å². The van der Waals surface area contributed by atoms with E-state index in [1.54, 1.807) is 18.5 Å². The topological polar surface area (TPSA) is 71.6 Å². The molecule has 1 aliphatic rings. The lowest BCUT2D eigenvalue weighted by atomic mass is 9.92. The number of rotatable bonds is 14. The predicted octanol–water partition coefficient (Wildman–Crippen LogP) is 3.02. The van der Waals surface area contributed by atoms with Crippen LogP contribution < -0.4 is 4.74 Å². The molecule has 9 heteroatoms. The Hall–Kier alpha value is -1.52. The highest BCUT2D eigenvalue weighted by molar-refractivity contribution is 7.82. The Labute approximate surface area is 214 Å². The summed E-state index contributed by atoms with van der Waals surface area (Å²) in [4.78, 5) is 17.6. The van der Waals surface area contributed by atoms with Crippen molar-refractivity contribution < 1.29 is 23.2 Å². The Morgan fingerprint density at radius 1 is 1.09 bits per heavy atom. The average molecular weight is 512 g/mol. The summed E-state index contributed by atoms with van der Waals surface area (Å²) in [5, 5.41) is 0. The molecule has 0 N–H and O–H groups in total. The van der Waals surface area contributed by atoms with Crippen LogP contribution >= 0.6 is 0 Å². The summed E-state index contributed by atoms with van der Waals surface area (Å²) in [7, 11) is 6.07. The molecule has 2 unspecified atom stereocenters. The number of aryl methyl sites for hydroxylation is 2. The fourth-order valence-electron chi connectivity index (χ4n) is 4.36. The summed E-state index contributed by atoms with van der Waals surface area (Å²) >= 11 is 0. The number of nitrogens with zero attached hydrogens (tertiary/aromatic N) is 3. The highest BCUT2D eigenvalue weighted by Gasteiger charge is 2.28. The minimum Gasteiger partial charge on any atom is -0.497 e. The van der Waals surface area contributed by atoms with Crippen LogP contribution in [0, 0.1) is 13.8 Å². The molecule has 0 aliphatic heterocycles. The fraction of sp³-hybridized carbons (Fsp3) is 0.731. The van der Waals surface area contributed by atoms with E-state index >= 15 is 0 Å². The van der Waals surface area contributed by atoms with E-state index in [0.29, 0.717) is 13.2 Å². The first kappa shape index (κ1) is 29.7. The molecule has 1 fully saturated rings. The quantitative estimate of drug-likeness (QED) is 0.358. The maximum absolute atomic E-state index is 13.0. The van der Waals surface area contributed by atoms with Gasteiger partial charge in [-0.25, -0.2) is 8.51 Å². The molecule has 3 atom stereocenters. The van der Waals surface area contributed by atoms with E-state index in [4.69, 9.17) is 14.2 Å². The number of likely N-dealkylation sites (N-methyl/N-ethyl adjacent to an activating group) is 3. The number of hydrogen-bond donors (Lipinski definition) is 0. The number of benzene rings is 1. The Balaban J connectivity index is 1.74. The molecule has 1 aliphatic carbocycles. The molecule has 1 saturated carbocycles. The van der Waals surface area contributed by atoms with E-state index in [1.807, 2.05) is 37.9 Å².